The second-order valence-electron chi connectivity index (χ2n) is 6.47. The molecule has 2 N–H and O–H groups in total. The van der Waals surface area contributed by atoms with Crippen LogP contribution in [0.4, 0.5) is 4.79 Å². The number of carboxylic acid groups (broad SMARTS) is 1. The van der Waals surface area contributed by atoms with E-state index in [0.29, 0.717) is 18.4 Å². The Kier molecular flexibility index (Phi) is 12.2. The molecule has 0 aromatic heterocycles. The van der Waals surface area contributed by atoms with Crippen molar-refractivity contribution in [1.29, 1.82) is 0 Å². The number of carbonyl (C=O) groups is 2. The van der Waals surface area contributed by atoms with Crippen LogP contribution in [0.3, 0.4) is 0 Å². The molecule has 1 amide bonds. The maximum atomic E-state index is 11.1. The zero-order valence-corrected chi connectivity index (χ0v) is 13.8. The van der Waals surface area contributed by atoms with Crippen LogP contribution in [0.15, 0.2) is 0 Å². The molecule has 5 nitrogen and oxygen atoms in total. The lowest BCUT2D eigenvalue weighted by Crippen LogP contribution is -2.33. The van der Waals surface area contributed by atoms with Crippen molar-refractivity contribution in [3.63, 3.8) is 0 Å². The maximum absolute atomic E-state index is 11.1. The summed E-state index contributed by atoms with van der Waals surface area (Å²) in [5, 5.41) is 11.0. The summed E-state index contributed by atoms with van der Waals surface area (Å²) in [6.45, 7) is 12.9. The van der Waals surface area contributed by atoms with E-state index in [1.807, 2.05) is 6.92 Å². The molecular formula is C15H31NO4. The van der Waals surface area contributed by atoms with Crippen molar-refractivity contribution in [3.8, 4) is 0 Å². The van der Waals surface area contributed by atoms with Gasteiger partial charge in [0, 0.05) is 12.5 Å². The molecule has 0 saturated heterocycles. The fraction of sp³-hybridized carbons (Fsp3) is 0.867. The highest BCUT2D eigenvalue weighted by molar-refractivity contribution is 5.68. The lowest BCUT2D eigenvalue weighted by molar-refractivity contribution is -0.137. The third-order valence-corrected chi connectivity index (χ3v) is 1.89. The second kappa shape index (κ2) is 11.6. The molecule has 0 aliphatic heterocycles. The largest absolute Gasteiger partial charge is 0.481 e. The third-order valence-electron chi connectivity index (χ3n) is 1.89. The normalized spacial score (nSPS) is 11.9. The summed E-state index contributed by atoms with van der Waals surface area (Å²) >= 11 is 0. The Morgan fingerprint density at radius 3 is 2.15 bits per heavy atom. The molecule has 0 rings (SSSR count). The van der Waals surface area contributed by atoms with Gasteiger partial charge in [-0.25, -0.2) is 4.79 Å². The zero-order chi connectivity index (χ0) is 16.2. The number of nitrogens with one attached hydrogen (secondary N) is 1. The summed E-state index contributed by atoms with van der Waals surface area (Å²) in [5.41, 5.74) is 0.500. The Hall–Kier alpha value is -1.26. The topological polar surface area (TPSA) is 75.6 Å². The number of aliphatic carboxylic acids is 1. The van der Waals surface area contributed by atoms with E-state index in [0.717, 1.165) is 12.8 Å². The van der Waals surface area contributed by atoms with Gasteiger partial charge in [-0.2, -0.15) is 0 Å². The Morgan fingerprint density at radius 1 is 1.25 bits per heavy atom. The lowest BCUT2D eigenvalue weighted by atomic mass is 10.0. The summed E-state index contributed by atoms with van der Waals surface area (Å²) in [4.78, 5) is 21.3. The number of rotatable bonds is 7. The predicted octanol–water partition coefficient (Wildman–Crippen LogP) is 3.82. The van der Waals surface area contributed by atoms with E-state index < -0.39 is 12.1 Å². The number of carbonyl (C=O) groups excluding carboxylic acids is 1. The van der Waals surface area contributed by atoms with Crippen LogP contribution in [0.5, 0.6) is 0 Å². The molecule has 0 saturated carbocycles. The van der Waals surface area contributed by atoms with Crippen LogP contribution in [0.25, 0.3) is 0 Å². The monoisotopic (exact) mass is 289 g/mol. The molecule has 0 aliphatic carbocycles. The molecule has 20 heavy (non-hydrogen) atoms. The van der Waals surface area contributed by atoms with Crippen LogP contribution in [0.2, 0.25) is 0 Å². The van der Waals surface area contributed by atoms with Crippen molar-refractivity contribution < 1.29 is 19.4 Å². The second-order valence-corrected chi connectivity index (χ2v) is 6.47. The van der Waals surface area contributed by atoms with Crippen LogP contribution in [0, 0.1) is 5.41 Å². The van der Waals surface area contributed by atoms with E-state index in [1.54, 1.807) is 6.92 Å². The number of hydrogen-bond acceptors (Lipinski definition) is 3. The highest BCUT2D eigenvalue weighted by Gasteiger charge is 2.09. The first-order chi connectivity index (χ1) is 9.06. The van der Waals surface area contributed by atoms with Crippen LogP contribution >= 0.6 is 0 Å². The van der Waals surface area contributed by atoms with Gasteiger partial charge in [-0.3, -0.25) is 4.79 Å². The van der Waals surface area contributed by atoms with E-state index in [9.17, 15) is 9.59 Å². The minimum Gasteiger partial charge on any atom is -0.481 e. The summed E-state index contributed by atoms with van der Waals surface area (Å²) in [5.74, 6) is -0.858. The highest BCUT2D eigenvalue weighted by atomic mass is 16.5. The Labute approximate surface area is 123 Å². The standard InChI is InChI=1S/C10H19NO4.C5H12/c1-3-4-7-15-10(14)11-8(2)5-6-9(12)13;1-5(2,3)4/h8H,3-7H2,1-2H3,(H,11,14)(H,12,13);1-4H3/t8-;/m1./s1. The lowest BCUT2D eigenvalue weighted by Gasteiger charge is -2.12. The Balaban J connectivity index is 0. The van der Waals surface area contributed by atoms with Crippen molar-refractivity contribution in [1.82, 2.24) is 5.32 Å². The summed E-state index contributed by atoms with van der Waals surface area (Å²) in [7, 11) is 0. The first-order valence-electron chi connectivity index (χ1n) is 7.21. The number of alkyl carbamates (subject to hydrolysis) is 1. The van der Waals surface area contributed by atoms with Crippen molar-refractivity contribution >= 4 is 12.1 Å². The van der Waals surface area contributed by atoms with Gasteiger partial charge in [0.1, 0.15) is 0 Å². The fourth-order valence-corrected chi connectivity index (χ4v) is 0.964. The van der Waals surface area contributed by atoms with E-state index in [2.05, 4.69) is 33.0 Å². The smallest absolute Gasteiger partial charge is 0.407 e. The van der Waals surface area contributed by atoms with E-state index >= 15 is 0 Å². The van der Waals surface area contributed by atoms with Gasteiger partial charge in [0.05, 0.1) is 6.61 Å². The molecule has 0 bridgehead atoms. The molecule has 0 aromatic carbocycles. The molecule has 1 atom stereocenters. The molecular weight excluding hydrogens is 258 g/mol. The summed E-state index contributed by atoms with van der Waals surface area (Å²) < 4.78 is 4.86. The van der Waals surface area contributed by atoms with E-state index in [4.69, 9.17) is 9.84 Å². The van der Waals surface area contributed by atoms with Crippen LogP contribution < -0.4 is 5.32 Å². The predicted molar refractivity (Wildman–Crippen MR) is 80.9 cm³/mol. The van der Waals surface area contributed by atoms with Crippen molar-refractivity contribution in [2.75, 3.05) is 6.61 Å². The van der Waals surface area contributed by atoms with Gasteiger partial charge >= 0.3 is 12.1 Å². The third kappa shape index (κ3) is 25.6. The van der Waals surface area contributed by atoms with Crippen molar-refractivity contribution in [2.45, 2.75) is 73.3 Å². The number of hydrogen-bond donors (Lipinski definition) is 2. The first kappa shape index (κ1) is 21.0. The first-order valence-corrected chi connectivity index (χ1v) is 7.21. The van der Waals surface area contributed by atoms with Gasteiger partial charge in [0.2, 0.25) is 0 Å². The molecule has 5 heteroatoms. The SMILES string of the molecule is CC(C)(C)C.CCCCOC(=O)N[C@H](C)CCC(=O)O. The van der Waals surface area contributed by atoms with Gasteiger partial charge in [0.15, 0.2) is 0 Å². The summed E-state index contributed by atoms with van der Waals surface area (Å²) in [6, 6.07) is -0.171. The van der Waals surface area contributed by atoms with Crippen LogP contribution in [-0.4, -0.2) is 29.8 Å². The van der Waals surface area contributed by atoms with Gasteiger partial charge < -0.3 is 15.2 Å². The fourth-order valence-electron chi connectivity index (χ4n) is 0.964. The number of carboxylic acids is 1. The molecule has 0 aromatic rings. The van der Waals surface area contributed by atoms with Gasteiger partial charge in [-0.1, -0.05) is 41.0 Å². The zero-order valence-electron chi connectivity index (χ0n) is 13.8. The molecule has 0 heterocycles. The Bertz CT molecular complexity index is 266. The van der Waals surface area contributed by atoms with Crippen LogP contribution in [0.1, 0.15) is 67.2 Å². The molecule has 0 unspecified atom stereocenters. The van der Waals surface area contributed by atoms with Gasteiger partial charge in [0.25, 0.3) is 0 Å². The Morgan fingerprint density at radius 2 is 1.75 bits per heavy atom. The molecule has 0 spiro atoms. The minimum absolute atomic E-state index is 0.0520. The average molecular weight is 289 g/mol. The average Bonchev–Trinajstić information content (AvgIpc) is 2.24. The van der Waals surface area contributed by atoms with Gasteiger partial charge in [-0.15, -0.1) is 0 Å². The van der Waals surface area contributed by atoms with Crippen molar-refractivity contribution in [2.24, 2.45) is 5.41 Å². The molecule has 0 aliphatic rings. The minimum atomic E-state index is -0.858. The van der Waals surface area contributed by atoms with E-state index in [-0.39, 0.29) is 12.5 Å². The van der Waals surface area contributed by atoms with Crippen LogP contribution in [-0.2, 0) is 9.53 Å². The quantitative estimate of drug-likeness (QED) is 0.699. The van der Waals surface area contributed by atoms with E-state index in [1.165, 1.54) is 0 Å². The molecule has 0 fully saturated rings. The van der Waals surface area contributed by atoms with Gasteiger partial charge in [-0.05, 0) is 25.2 Å². The maximum Gasteiger partial charge on any atom is 0.407 e. The molecule has 0 radical (unpaired) electrons. The van der Waals surface area contributed by atoms with Crippen molar-refractivity contribution in [3.05, 3.63) is 0 Å². The number of amides is 1. The molecule has 120 valence electrons. The number of ether oxygens (including phenoxy) is 1. The summed E-state index contributed by atoms with van der Waals surface area (Å²) in [6.07, 6.45) is 1.81. The number of unbranched alkanes of at least 4 members (excludes halogenated alkanes) is 1. The highest BCUT2D eigenvalue weighted by Crippen LogP contribution is 2.08.